The number of likely N-dealkylation sites (N-methyl/N-ethyl adjacent to an activating group) is 1. The van der Waals surface area contributed by atoms with Crippen LogP contribution >= 0.6 is 0 Å². The van der Waals surface area contributed by atoms with Gasteiger partial charge in [0.2, 0.25) is 0 Å². The second-order valence-electron chi connectivity index (χ2n) is 6.32. The maximum Gasteiger partial charge on any atom is 0.276 e. The summed E-state index contributed by atoms with van der Waals surface area (Å²) in [5.41, 5.74) is 1.78. The maximum absolute atomic E-state index is 12.7. The molecule has 140 valence electrons. The van der Waals surface area contributed by atoms with Crippen LogP contribution in [0, 0.1) is 6.92 Å². The Morgan fingerprint density at radius 2 is 2.08 bits per heavy atom. The number of aromatic nitrogens is 3. The monoisotopic (exact) mass is 359 g/mol. The van der Waals surface area contributed by atoms with Crippen molar-refractivity contribution in [3.8, 4) is 11.4 Å². The van der Waals surface area contributed by atoms with Crippen LogP contribution in [0.3, 0.4) is 0 Å². The van der Waals surface area contributed by atoms with Gasteiger partial charge in [-0.1, -0.05) is 0 Å². The van der Waals surface area contributed by atoms with E-state index >= 15 is 0 Å². The van der Waals surface area contributed by atoms with E-state index in [4.69, 9.17) is 9.47 Å². The first-order chi connectivity index (χ1) is 12.6. The lowest BCUT2D eigenvalue weighted by Crippen LogP contribution is -2.38. The van der Waals surface area contributed by atoms with E-state index in [0.29, 0.717) is 24.6 Å². The average Bonchev–Trinajstić information content (AvgIpc) is 3.31. The summed E-state index contributed by atoms with van der Waals surface area (Å²) in [6.07, 6.45) is 0.958. The van der Waals surface area contributed by atoms with E-state index in [1.165, 1.54) is 4.80 Å². The number of amides is 1. The van der Waals surface area contributed by atoms with Gasteiger partial charge in [0.1, 0.15) is 12.4 Å². The Morgan fingerprint density at radius 3 is 2.73 bits per heavy atom. The Hall–Kier alpha value is -2.45. The van der Waals surface area contributed by atoms with Crippen molar-refractivity contribution in [2.24, 2.45) is 0 Å². The first-order valence-corrected chi connectivity index (χ1v) is 8.74. The minimum absolute atomic E-state index is 0.0954. The fourth-order valence-electron chi connectivity index (χ4n) is 2.91. The average molecular weight is 359 g/mol. The molecule has 1 N–H and O–H groups in total. The molecule has 1 aliphatic heterocycles. The number of rotatable bonds is 7. The largest absolute Gasteiger partial charge is 0.491 e. The third kappa shape index (κ3) is 4.03. The molecule has 1 fully saturated rings. The van der Waals surface area contributed by atoms with Crippen molar-refractivity contribution in [3.63, 3.8) is 0 Å². The van der Waals surface area contributed by atoms with Gasteiger partial charge in [0.25, 0.3) is 5.91 Å². The van der Waals surface area contributed by atoms with Crippen LogP contribution in [0.5, 0.6) is 5.75 Å². The summed E-state index contributed by atoms with van der Waals surface area (Å²) >= 11 is 0. The fraction of sp³-hybridized carbons (Fsp3) is 0.500. The third-order valence-corrected chi connectivity index (χ3v) is 4.51. The van der Waals surface area contributed by atoms with E-state index < -0.39 is 0 Å². The molecule has 0 aliphatic carbocycles. The highest BCUT2D eigenvalue weighted by Crippen LogP contribution is 2.17. The quantitative estimate of drug-likeness (QED) is 0.744. The minimum atomic E-state index is -0.0954. The van der Waals surface area contributed by atoms with Gasteiger partial charge >= 0.3 is 0 Å². The Balaban J connectivity index is 1.72. The number of benzene rings is 1. The van der Waals surface area contributed by atoms with Crippen LogP contribution in [-0.4, -0.2) is 72.3 Å². The molecule has 26 heavy (non-hydrogen) atoms. The summed E-state index contributed by atoms with van der Waals surface area (Å²) in [4.78, 5) is 16.0. The van der Waals surface area contributed by atoms with Crippen molar-refractivity contribution in [1.82, 2.24) is 25.2 Å². The summed E-state index contributed by atoms with van der Waals surface area (Å²) in [7, 11) is 3.46. The lowest BCUT2D eigenvalue weighted by atomic mass is 10.2. The SMILES string of the molecule is COCCOc1ccc(-n2nc(C)c(C(=O)N(C)C3CCNC3)n2)cc1. The molecule has 1 atom stereocenters. The number of nitrogens with zero attached hydrogens (tertiary/aromatic N) is 4. The molecule has 1 aromatic carbocycles. The van der Waals surface area contributed by atoms with Crippen LogP contribution in [0.15, 0.2) is 24.3 Å². The van der Waals surface area contributed by atoms with E-state index in [0.717, 1.165) is 30.9 Å². The molecule has 0 radical (unpaired) electrons. The number of carbonyl (C=O) groups is 1. The number of hydrogen-bond donors (Lipinski definition) is 1. The van der Waals surface area contributed by atoms with Crippen LogP contribution in [0.4, 0.5) is 0 Å². The van der Waals surface area contributed by atoms with Crippen LogP contribution in [-0.2, 0) is 4.74 Å². The highest BCUT2D eigenvalue weighted by Gasteiger charge is 2.27. The minimum Gasteiger partial charge on any atom is -0.491 e. The predicted molar refractivity (Wildman–Crippen MR) is 96.8 cm³/mol. The predicted octanol–water partition coefficient (Wildman–Crippen LogP) is 1.03. The van der Waals surface area contributed by atoms with Crippen molar-refractivity contribution >= 4 is 5.91 Å². The van der Waals surface area contributed by atoms with Gasteiger partial charge in [0.05, 0.1) is 18.0 Å². The Labute approximate surface area is 153 Å². The molecule has 0 bridgehead atoms. The van der Waals surface area contributed by atoms with Crippen LogP contribution in [0.25, 0.3) is 5.69 Å². The Kier molecular flexibility index (Phi) is 5.85. The second kappa shape index (κ2) is 8.29. The third-order valence-electron chi connectivity index (χ3n) is 4.51. The zero-order chi connectivity index (χ0) is 18.5. The first kappa shape index (κ1) is 18.3. The first-order valence-electron chi connectivity index (χ1n) is 8.74. The molecule has 1 amide bonds. The maximum atomic E-state index is 12.7. The van der Waals surface area contributed by atoms with Crippen molar-refractivity contribution < 1.29 is 14.3 Å². The van der Waals surface area contributed by atoms with Crippen molar-refractivity contribution in [1.29, 1.82) is 0 Å². The topological polar surface area (TPSA) is 81.5 Å². The zero-order valence-corrected chi connectivity index (χ0v) is 15.4. The van der Waals surface area contributed by atoms with Gasteiger partial charge in [-0.05, 0) is 44.2 Å². The molecule has 1 unspecified atom stereocenters. The smallest absolute Gasteiger partial charge is 0.276 e. The Morgan fingerprint density at radius 1 is 1.31 bits per heavy atom. The van der Waals surface area contributed by atoms with E-state index in [-0.39, 0.29) is 11.9 Å². The van der Waals surface area contributed by atoms with Gasteiger partial charge in [-0.3, -0.25) is 4.79 Å². The summed E-state index contributed by atoms with van der Waals surface area (Å²) in [5, 5.41) is 12.1. The van der Waals surface area contributed by atoms with Crippen LogP contribution in [0.1, 0.15) is 22.6 Å². The molecule has 8 heteroatoms. The van der Waals surface area contributed by atoms with Gasteiger partial charge in [0.15, 0.2) is 5.69 Å². The number of aryl methyl sites for hydroxylation is 1. The number of hydrogen-bond acceptors (Lipinski definition) is 6. The van der Waals surface area contributed by atoms with Crippen molar-refractivity contribution in [3.05, 3.63) is 35.7 Å². The highest BCUT2D eigenvalue weighted by atomic mass is 16.5. The molecule has 2 aromatic rings. The van der Waals surface area contributed by atoms with E-state index in [2.05, 4.69) is 15.5 Å². The number of carbonyl (C=O) groups excluding carboxylic acids is 1. The zero-order valence-electron chi connectivity index (χ0n) is 15.4. The van der Waals surface area contributed by atoms with Crippen molar-refractivity contribution in [2.75, 3.05) is 40.5 Å². The van der Waals surface area contributed by atoms with Gasteiger partial charge in [-0.2, -0.15) is 9.90 Å². The van der Waals surface area contributed by atoms with E-state index in [1.54, 1.807) is 18.9 Å². The molecular formula is C18H25N5O3. The lowest BCUT2D eigenvalue weighted by molar-refractivity contribution is 0.0736. The molecule has 1 aliphatic rings. The normalized spacial score (nSPS) is 16.7. The molecular weight excluding hydrogens is 334 g/mol. The Bertz CT molecular complexity index is 738. The van der Waals surface area contributed by atoms with Gasteiger partial charge in [-0.25, -0.2) is 0 Å². The molecule has 2 heterocycles. The number of methoxy groups -OCH3 is 1. The van der Waals surface area contributed by atoms with Crippen LogP contribution in [0.2, 0.25) is 0 Å². The molecule has 8 nitrogen and oxygen atoms in total. The summed E-state index contributed by atoms with van der Waals surface area (Å²) < 4.78 is 10.5. The van der Waals surface area contributed by atoms with Crippen molar-refractivity contribution in [2.45, 2.75) is 19.4 Å². The number of nitrogens with one attached hydrogen (secondary N) is 1. The molecule has 1 aromatic heterocycles. The standard InChI is InChI=1S/C18H25N5O3/c1-13-17(18(24)22(2)15-8-9-19-12-15)21-23(20-13)14-4-6-16(7-5-14)26-11-10-25-3/h4-7,15,19H,8-12H2,1-3H3. The summed E-state index contributed by atoms with van der Waals surface area (Å²) in [6.45, 7) is 4.60. The van der Waals surface area contributed by atoms with Gasteiger partial charge < -0.3 is 19.7 Å². The van der Waals surface area contributed by atoms with E-state index in [9.17, 15) is 4.79 Å². The second-order valence-corrected chi connectivity index (χ2v) is 6.32. The van der Waals surface area contributed by atoms with Gasteiger partial charge in [-0.15, -0.1) is 5.10 Å². The van der Waals surface area contributed by atoms with E-state index in [1.807, 2.05) is 31.3 Å². The van der Waals surface area contributed by atoms with Gasteiger partial charge in [0, 0.05) is 26.7 Å². The highest BCUT2D eigenvalue weighted by molar-refractivity contribution is 5.93. The molecule has 3 rings (SSSR count). The molecule has 0 saturated carbocycles. The van der Waals surface area contributed by atoms with Crippen LogP contribution < -0.4 is 10.1 Å². The fourth-order valence-corrected chi connectivity index (χ4v) is 2.91. The number of ether oxygens (including phenoxy) is 2. The molecule has 0 spiro atoms. The summed E-state index contributed by atoms with van der Waals surface area (Å²) in [6, 6.07) is 7.62. The molecule has 1 saturated heterocycles. The summed E-state index contributed by atoms with van der Waals surface area (Å²) in [5.74, 6) is 0.654. The lowest BCUT2D eigenvalue weighted by Gasteiger charge is -2.22.